The van der Waals surface area contributed by atoms with E-state index in [1.807, 2.05) is 0 Å². The molecule has 0 atom stereocenters. The van der Waals surface area contributed by atoms with Crippen LogP contribution in [-0.4, -0.2) is 19.2 Å². The van der Waals surface area contributed by atoms with Crippen molar-refractivity contribution in [1.82, 2.24) is 5.43 Å². The molecule has 168 valence electrons. The van der Waals surface area contributed by atoms with Crippen LogP contribution in [-0.2, 0) is 6.61 Å². The second kappa shape index (κ2) is 10.1. The second-order valence-corrected chi connectivity index (χ2v) is 8.19. The molecule has 0 aliphatic heterocycles. The van der Waals surface area contributed by atoms with Crippen molar-refractivity contribution in [1.29, 1.82) is 0 Å². The summed E-state index contributed by atoms with van der Waals surface area (Å²) >= 11 is 9.41. The van der Waals surface area contributed by atoms with Crippen molar-refractivity contribution in [3.63, 3.8) is 0 Å². The van der Waals surface area contributed by atoms with Gasteiger partial charge in [-0.05, 0) is 58.4 Å². The predicted octanol–water partition coefficient (Wildman–Crippen LogP) is 6.34. The summed E-state index contributed by atoms with van der Waals surface area (Å²) in [4.78, 5) is 12.4. The van der Waals surface area contributed by atoms with Crippen molar-refractivity contribution in [3.8, 4) is 11.5 Å². The zero-order valence-corrected chi connectivity index (χ0v) is 19.6. The number of rotatable bonds is 7. The summed E-state index contributed by atoms with van der Waals surface area (Å²) in [5.41, 5.74) is 4.03. The lowest BCUT2D eigenvalue weighted by Crippen LogP contribution is -2.16. The Bertz CT molecular complexity index is 1360. The van der Waals surface area contributed by atoms with Gasteiger partial charge in [-0.1, -0.05) is 29.8 Å². The van der Waals surface area contributed by atoms with E-state index >= 15 is 0 Å². The molecule has 0 saturated carbocycles. The van der Waals surface area contributed by atoms with E-state index in [1.54, 1.807) is 54.6 Å². The number of nitrogens with zero attached hydrogens (tertiary/aromatic N) is 1. The molecule has 0 fully saturated rings. The van der Waals surface area contributed by atoms with E-state index in [4.69, 9.17) is 25.5 Å². The Labute approximate surface area is 202 Å². The van der Waals surface area contributed by atoms with Crippen LogP contribution in [0.5, 0.6) is 11.5 Å². The molecule has 6 nitrogen and oxygen atoms in total. The second-order valence-electron chi connectivity index (χ2n) is 6.90. The fourth-order valence-corrected chi connectivity index (χ4v) is 3.64. The molecule has 1 aromatic heterocycles. The minimum atomic E-state index is -0.508. The van der Waals surface area contributed by atoms with Gasteiger partial charge in [0.05, 0.1) is 13.3 Å². The number of methoxy groups -OCH3 is 1. The maximum Gasteiger partial charge on any atom is 0.307 e. The molecule has 0 aliphatic carbocycles. The molecule has 0 spiro atoms. The molecule has 4 aromatic rings. The first-order valence-electron chi connectivity index (χ1n) is 9.71. The van der Waals surface area contributed by atoms with E-state index in [1.165, 1.54) is 19.4 Å². The lowest BCUT2D eigenvalue weighted by Gasteiger charge is -2.13. The summed E-state index contributed by atoms with van der Waals surface area (Å²) in [5, 5.41) is 5.26. The van der Waals surface area contributed by atoms with Gasteiger partial charge in [0, 0.05) is 26.0 Å². The zero-order valence-electron chi connectivity index (χ0n) is 17.3. The van der Waals surface area contributed by atoms with Gasteiger partial charge in [0.25, 0.3) is 0 Å². The molecule has 4 rings (SSSR count). The maximum atomic E-state index is 13.8. The molecular formula is C24H17BrClFN2O4. The Balaban J connectivity index is 1.45. The summed E-state index contributed by atoms with van der Waals surface area (Å²) < 4.78 is 31.1. The van der Waals surface area contributed by atoms with Gasteiger partial charge in [-0.3, -0.25) is 4.79 Å². The van der Waals surface area contributed by atoms with Crippen LogP contribution in [0.1, 0.15) is 21.7 Å². The highest BCUT2D eigenvalue weighted by Gasteiger charge is 2.13. The highest BCUT2D eigenvalue weighted by molar-refractivity contribution is 9.10. The molecule has 0 unspecified atom stereocenters. The number of amides is 1. The van der Waals surface area contributed by atoms with Crippen LogP contribution >= 0.6 is 27.5 Å². The summed E-state index contributed by atoms with van der Waals surface area (Å²) in [7, 11) is 1.50. The Morgan fingerprint density at radius 2 is 2.00 bits per heavy atom. The van der Waals surface area contributed by atoms with Crippen molar-refractivity contribution in [2.24, 2.45) is 5.10 Å². The minimum absolute atomic E-state index is 0.0433. The molecule has 0 aliphatic rings. The van der Waals surface area contributed by atoms with Crippen LogP contribution < -0.4 is 14.9 Å². The lowest BCUT2D eigenvalue weighted by atomic mass is 10.2. The average molecular weight is 532 g/mol. The number of carbonyl (C=O) groups excluding carboxylic acids is 1. The third-order valence-corrected chi connectivity index (χ3v) is 5.62. The monoisotopic (exact) mass is 530 g/mol. The molecule has 1 N–H and O–H groups in total. The van der Waals surface area contributed by atoms with E-state index in [-0.39, 0.29) is 18.2 Å². The number of halogens is 3. The quantitative estimate of drug-likeness (QED) is 0.223. The van der Waals surface area contributed by atoms with Crippen LogP contribution in [0.2, 0.25) is 5.02 Å². The molecule has 0 radical (unpaired) electrons. The van der Waals surface area contributed by atoms with Crippen LogP contribution in [0.4, 0.5) is 4.39 Å². The van der Waals surface area contributed by atoms with E-state index in [0.717, 1.165) is 5.39 Å². The Morgan fingerprint density at radius 3 is 2.79 bits per heavy atom. The van der Waals surface area contributed by atoms with Gasteiger partial charge in [0.2, 0.25) is 0 Å². The van der Waals surface area contributed by atoms with Crippen molar-refractivity contribution in [2.75, 3.05) is 7.11 Å². The standard InChI is InChI=1S/C24H17BrClFN2O4/c1-31-21-10-16(18(25)11-22(21)32-13-14-4-2-3-5-19(14)27)12-28-29-24(30)23-9-15-8-17(26)6-7-20(15)33-23/h2-12H,13H2,1H3,(H,29,30)/b28-12+. The van der Waals surface area contributed by atoms with Gasteiger partial charge < -0.3 is 13.9 Å². The maximum absolute atomic E-state index is 13.8. The van der Waals surface area contributed by atoms with E-state index < -0.39 is 5.91 Å². The summed E-state index contributed by atoms with van der Waals surface area (Å²) in [5.74, 6) is 0.110. The summed E-state index contributed by atoms with van der Waals surface area (Å²) in [6.07, 6.45) is 1.45. The molecule has 0 bridgehead atoms. The first-order chi connectivity index (χ1) is 15.9. The smallest absolute Gasteiger partial charge is 0.307 e. The van der Waals surface area contributed by atoms with Crippen molar-refractivity contribution in [2.45, 2.75) is 6.61 Å². The van der Waals surface area contributed by atoms with Crippen molar-refractivity contribution >= 4 is 50.6 Å². The van der Waals surface area contributed by atoms with Gasteiger partial charge >= 0.3 is 5.91 Å². The molecular weight excluding hydrogens is 515 g/mol. The predicted molar refractivity (Wildman–Crippen MR) is 128 cm³/mol. The summed E-state index contributed by atoms with van der Waals surface area (Å²) in [6.45, 7) is 0.0433. The average Bonchev–Trinajstić information content (AvgIpc) is 3.23. The Hall–Kier alpha value is -3.36. The summed E-state index contributed by atoms with van der Waals surface area (Å²) in [6, 6.07) is 16.4. The largest absolute Gasteiger partial charge is 0.493 e. The van der Waals surface area contributed by atoms with Crippen LogP contribution in [0.15, 0.2) is 74.7 Å². The molecule has 33 heavy (non-hydrogen) atoms. The Kier molecular flexibility index (Phi) is 6.96. The highest BCUT2D eigenvalue weighted by Crippen LogP contribution is 2.33. The van der Waals surface area contributed by atoms with Crippen molar-refractivity contribution in [3.05, 3.63) is 92.9 Å². The SMILES string of the molecule is COc1cc(/C=N/NC(=O)c2cc3cc(Cl)ccc3o2)c(Br)cc1OCc1ccccc1F. The van der Waals surface area contributed by atoms with Gasteiger partial charge in [0.1, 0.15) is 18.0 Å². The van der Waals surface area contributed by atoms with Gasteiger partial charge in [-0.2, -0.15) is 5.10 Å². The topological polar surface area (TPSA) is 73.1 Å². The number of hydrogen-bond acceptors (Lipinski definition) is 5. The normalized spacial score (nSPS) is 11.2. The fraction of sp³-hybridized carbons (Fsp3) is 0.0833. The molecule has 0 saturated heterocycles. The fourth-order valence-electron chi connectivity index (χ4n) is 3.03. The number of hydrogen-bond donors (Lipinski definition) is 1. The van der Waals surface area contributed by atoms with Gasteiger partial charge in [-0.15, -0.1) is 0 Å². The number of hydrazone groups is 1. The number of benzene rings is 3. The number of carbonyl (C=O) groups is 1. The van der Waals surface area contributed by atoms with Crippen molar-refractivity contribution < 1.29 is 23.1 Å². The first-order valence-corrected chi connectivity index (χ1v) is 10.9. The number of ether oxygens (including phenoxy) is 2. The van der Waals surface area contributed by atoms with E-state index in [0.29, 0.717) is 37.7 Å². The molecule has 1 amide bonds. The van der Waals surface area contributed by atoms with E-state index in [2.05, 4.69) is 26.5 Å². The first kappa shape index (κ1) is 22.8. The van der Waals surface area contributed by atoms with Crippen LogP contribution in [0, 0.1) is 5.82 Å². The number of furan rings is 1. The van der Waals surface area contributed by atoms with Gasteiger partial charge in [0.15, 0.2) is 17.3 Å². The third kappa shape index (κ3) is 5.35. The molecule has 1 heterocycles. The number of fused-ring (bicyclic) bond motifs is 1. The third-order valence-electron chi connectivity index (χ3n) is 4.70. The number of nitrogens with one attached hydrogen (secondary N) is 1. The van der Waals surface area contributed by atoms with Crippen LogP contribution in [0.3, 0.4) is 0 Å². The minimum Gasteiger partial charge on any atom is -0.493 e. The lowest BCUT2D eigenvalue weighted by molar-refractivity contribution is 0.0929. The molecule has 3 aromatic carbocycles. The van der Waals surface area contributed by atoms with Crippen LogP contribution in [0.25, 0.3) is 11.0 Å². The highest BCUT2D eigenvalue weighted by atomic mass is 79.9. The molecule has 9 heteroatoms. The zero-order chi connectivity index (χ0) is 23.4. The van der Waals surface area contributed by atoms with Gasteiger partial charge in [-0.25, -0.2) is 9.82 Å². The van der Waals surface area contributed by atoms with E-state index in [9.17, 15) is 9.18 Å². The Morgan fingerprint density at radius 1 is 1.18 bits per heavy atom.